The van der Waals surface area contributed by atoms with E-state index in [1.807, 2.05) is 6.07 Å². The van der Waals surface area contributed by atoms with Gasteiger partial charge in [-0.05, 0) is 70.0 Å². The van der Waals surface area contributed by atoms with E-state index in [4.69, 9.17) is 21.1 Å². The molecule has 1 N–H and O–H groups in total. The maximum absolute atomic E-state index is 12.3. The van der Waals surface area contributed by atoms with Gasteiger partial charge in [0, 0.05) is 10.6 Å². The molecule has 1 amide bonds. The summed E-state index contributed by atoms with van der Waals surface area (Å²) in [6.07, 6.45) is 1.45. The summed E-state index contributed by atoms with van der Waals surface area (Å²) >= 11 is 9.20. The van der Waals surface area contributed by atoms with Crippen molar-refractivity contribution in [3.63, 3.8) is 0 Å². The number of amides is 1. The Labute approximate surface area is 186 Å². The number of hydrazone groups is 1. The number of hydrogen-bond donors (Lipinski definition) is 1. The van der Waals surface area contributed by atoms with Crippen LogP contribution in [-0.2, 0) is 0 Å². The largest absolute Gasteiger partial charge is 0.493 e. The molecule has 0 aromatic heterocycles. The van der Waals surface area contributed by atoms with E-state index in [1.165, 1.54) is 13.3 Å². The predicted octanol–water partition coefficient (Wildman–Crippen LogP) is 5.09. The van der Waals surface area contributed by atoms with Crippen LogP contribution in [0.15, 0.2) is 76.3 Å². The Morgan fingerprint density at radius 2 is 1.73 bits per heavy atom. The van der Waals surface area contributed by atoms with Crippen molar-refractivity contribution >= 4 is 45.6 Å². The first-order valence-corrected chi connectivity index (χ1v) is 9.89. The average molecular weight is 488 g/mol. The van der Waals surface area contributed by atoms with Gasteiger partial charge in [0.25, 0.3) is 5.91 Å². The van der Waals surface area contributed by atoms with Gasteiger partial charge in [-0.3, -0.25) is 4.79 Å². The molecule has 0 aliphatic heterocycles. The number of carbonyl (C=O) groups excluding carboxylic acids is 2. The average Bonchev–Trinajstić information content (AvgIpc) is 2.76. The molecule has 8 heteroatoms. The molecule has 0 spiro atoms. The van der Waals surface area contributed by atoms with Crippen LogP contribution in [0.1, 0.15) is 26.3 Å². The summed E-state index contributed by atoms with van der Waals surface area (Å²) in [6, 6.07) is 18.4. The Hall–Kier alpha value is -3.16. The number of ether oxygens (including phenoxy) is 2. The number of esters is 1. The van der Waals surface area contributed by atoms with Crippen molar-refractivity contribution in [3.05, 3.63) is 92.9 Å². The first-order chi connectivity index (χ1) is 14.5. The molecule has 0 unspecified atom stereocenters. The van der Waals surface area contributed by atoms with E-state index in [0.717, 1.165) is 0 Å². The van der Waals surface area contributed by atoms with Crippen molar-refractivity contribution in [2.24, 2.45) is 5.10 Å². The SMILES string of the molecule is COc1cc(/C=N\NC(=O)c2ccc(Cl)cc2)cc(Br)c1OC(=O)c1ccccc1. The third-order valence-electron chi connectivity index (χ3n) is 3.94. The summed E-state index contributed by atoms with van der Waals surface area (Å²) < 4.78 is 11.3. The van der Waals surface area contributed by atoms with Gasteiger partial charge in [-0.15, -0.1) is 0 Å². The molecule has 3 aromatic rings. The Morgan fingerprint density at radius 1 is 1.03 bits per heavy atom. The Balaban J connectivity index is 1.73. The highest BCUT2D eigenvalue weighted by molar-refractivity contribution is 9.10. The summed E-state index contributed by atoms with van der Waals surface area (Å²) in [5.74, 6) is -0.304. The minimum absolute atomic E-state index is 0.244. The van der Waals surface area contributed by atoms with E-state index in [9.17, 15) is 9.59 Å². The highest BCUT2D eigenvalue weighted by Crippen LogP contribution is 2.36. The van der Waals surface area contributed by atoms with Gasteiger partial charge >= 0.3 is 5.97 Å². The quantitative estimate of drug-likeness (QED) is 0.227. The van der Waals surface area contributed by atoms with Gasteiger partial charge in [0.2, 0.25) is 0 Å². The number of methoxy groups -OCH3 is 1. The smallest absolute Gasteiger partial charge is 0.343 e. The highest BCUT2D eigenvalue weighted by atomic mass is 79.9. The van der Waals surface area contributed by atoms with Crippen molar-refractivity contribution in [3.8, 4) is 11.5 Å². The van der Waals surface area contributed by atoms with Crippen LogP contribution in [0.25, 0.3) is 0 Å². The Bertz CT molecular complexity index is 1090. The standard InChI is InChI=1S/C22H16BrClN2O4/c1-29-19-12-14(13-25-26-21(27)15-7-9-17(24)10-8-15)11-18(23)20(19)30-22(28)16-5-3-2-4-6-16/h2-13H,1H3,(H,26,27)/b25-13-. The molecule has 0 heterocycles. The van der Waals surface area contributed by atoms with Gasteiger partial charge in [0.15, 0.2) is 11.5 Å². The summed E-state index contributed by atoms with van der Waals surface area (Å²) in [5, 5.41) is 4.50. The molecule has 0 aliphatic carbocycles. The lowest BCUT2D eigenvalue weighted by molar-refractivity contribution is 0.0728. The van der Waals surface area contributed by atoms with Crippen molar-refractivity contribution in [1.82, 2.24) is 5.43 Å². The molecule has 152 valence electrons. The summed E-state index contributed by atoms with van der Waals surface area (Å²) in [5.41, 5.74) is 3.91. The van der Waals surface area contributed by atoms with Crippen LogP contribution in [0.4, 0.5) is 0 Å². The second-order valence-corrected chi connectivity index (χ2v) is 7.29. The van der Waals surface area contributed by atoms with E-state index < -0.39 is 5.97 Å². The number of carbonyl (C=O) groups is 2. The van der Waals surface area contributed by atoms with E-state index in [2.05, 4.69) is 26.5 Å². The lowest BCUT2D eigenvalue weighted by Crippen LogP contribution is -2.17. The van der Waals surface area contributed by atoms with Crippen LogP contribution in [-0.4, -0.2) is 25.2 Å². The van der Waals surface area contributed by atoms with E-state index in [1.54, 1.807) is 60.7 Å². The zero-order valence-corrected chi connectivity index (χ0v) is 18.1. The number of nitrogens with zero attached hydrogens (tertiary/aromatic N) is 1. The normalized spacial score (nSPS) is 10.6. The monoisotopic (exact) mass is 486 g/mol. The first-order valence-electron chi connectivity index (χ1n) is 8.71. The topological polar surface area (TPSA) is 77.0 Å². The number of halogens is 2. The lowest BCUT2D eigenvalue weighted by atomic mass is 10.2. The van der Waals surface area contributed by atoms with Gasteiger partial charge in [-0.2, -0.15) is 5.10 Å². The zero-order valence-electron chi connectivity index (χ0n) is 15.8. The Morgan fingerprint density at radius 3 is 2.40 bits per heavy atom. The number of nitrogens with one attached hydrogen (secondary N) is 1. The minimum Gasteiger partial charge on any atom is -0.493 e. The molecule has 0 fully saturated rings. The second kappa shape index (κ2) is 10.0. The van der Waals surface area contributed by atoms with E-state index in [0.29, 0.717) is 31.9 Å². The maximum Gasteiger partial charge on any atom is 0.343 e. The predicted molar refractivity (Wildman–Crippen MR) is 119 cm³/mol. The van der Waals surface area contributed by atoms with Crippen molar-refractivity contribution < 1.29 is 19.1 Å². The Kier molecular flexibility index (Phi) is 7.21. The van der Waals surface area contributed by atoms with Gasteiger partial charge in [-0.1, -0.05) is 29.8 Å². The highest BCUT2D eigenvalue weighted by Gasteiger charge is 2.16. The third-order valence-corrected chi connectivity index (χ3v) is 4.78. The number of hydrogen-bond acceptors (Lipinski definition) is 5. The van der Waals surface area contributed by atoms with Gasteiger partial charge in [0.1, 0.15) is 0 Å². The third kappa shape index (κ3) is 5.46. The van der Waals surface area contributed by atoms with Crippen molar-refractivity contribution in [2.45, 2.75) is 0 Å². The molecule has 0 atom stereocenters. The molecule has 3 rings (SSSR count). The van der Waals surface area contributed by atoms with E-state index in [-0.39, 0.29) is 11.7 Å². The molecule has 0 radical (unpaired) electrons. The summed E-state index contributed by atoms with van der Waals surface area (Å²) in [6.45, 7) is 0. The molecule has 3 aromatic carbocycles. The molecular formula is C22H16BrClN2O4. The minimum atomic E-state index is -0.508. The van der Waals surface area contributed by atoms with Crippen molar-refractivity contribution in [2.75, 3.05) is 7.11 Å². The van der Waals surface area contributed by atoms with Crippen LogP contribution in [0, 0.1) is 0 Å². The summed E-state index contributed by atoms with van der Waals surface area (Å²) in [4.78, 5) is 24.4. The fourth-order valence-electron chi connectivity index (χ4n) is 2.47. The molecule has 0 aliphatic rings. The number of benzene rings is 3. The van der Waals surface area contributed by atoms with Crippen LogP contribution in [0.2, 0.25) is 5.02 Å². The van der Waals surface area contributed by atoms with Crippen LogP contribution >= 0.6 is 27.5 Å². The molecule has 6 nitrogen and oxygen atoms in total. The summed E-state index contributed by atoms with van der Waals surface area (Å²) in [7, 11) is 1.46. The van der Waals surface area contributed by atoms with Crippen LogP contribution < -0.4 is 14.9 Å². The van der Waals surface area contributed by atoms with E-state index >= 15 is 0 Å². The van der Waals surface area contributed by atoms with Gasteiger partial charge in [0.05, 0.1) is 23.4 Å². The molecule has 30 heavy (non-hydrogen) atoms. The second-order valence-electron chi connectivity index (χ2n) is 6.00. The fraction of sp³-hybridized carbons (Fsp3) is 0.0455. The molecule has 0 bridgehead atoms. The maximum atomic E-state index is 12.3. The molecule has 0 saturated heterocycles. The zero-order chi connectivity index (χ0) is 21.5. The van der Waals surface area contributed by atoms with Gasteiger partial charge in [-0.25, -0.2) is 10.2 Å². The lowest BCUT2D eigenvalue weighted by Gasteiger charge is -2.12. The molecule has 0 saturated carbocycles. The van der Waals surface area contributed by atoms with Crippen molar-refractivity contribution in [1.29, 1.82) is 0 Å². The van der Waals surface area contributed by atoms with Crippen LogP contribution in [0.3, 0.4) is 0 Å². The van der Waals surface area contributed by atoms with Crippen LogP contribution in [0.5, 0.6) is 11.5 Å². The molecular weight excluding hydrogens is 472 g/mol. The fourth-order valence-corrected chi connectivity index (χ4v) is 3.14. The number of rotatable bonds is 6. The first kappa shape index (κ1) is 21.5. The van der Waals surface area contributed by atoms with Gasteiger partial charge < -0.3 is 9.47 Å².